The lowest BCUT2D eigenvalue weighted by Crippen LogP contribution is -2.57. The summed E-state index contributed by atoms with van der Waals surface area (Å²) >= 11 is 0. The Morgan fingerprint density at radius 1 is 0.750 bits per heavy atom. The molecule has 2 saturated carbocycles. The molecule has 0 radical (unpaired) electrons. The molecule has 316 valence electrons. The van der Waals surface area contributed by atoms with Gasteiger partial charge in [-0.1, -0.05) is 18.6 Å². The van der Waals surface area contributed by atoms with E-state index in [0.717, 1.165) is 12.0 Å². The number of cyclic esters (lactones) is 1. The van der Waals surface area contributed by atoms with E-state index >= 15 is 0 Å². The molecule has 2 N–H and O–H groups in total. The molecule has 7 aliphatic rings. The first-order chi connectivity index (χ1) is 26.6. The summed E-state index contributed by atoms with van der Waals surface area (Å²) in [6.45, 7) is 11.6. The standard InChI is InChI=1S/C42H64O14/c1-20-27(15-33(44)50-20)41(5)13-12-26-25(40(41)46)11-10-24-14-29(28(43)19-42(24,26)6)54-34-17-31(48-8)38(22(3)52-34)56-36-18-32(49-9)39(23(4)53-36)55-35-16-30(47-7)37(45)21(2)51-35/h10,15,20-23,25-26,28-32,34-39,43,45H,11-14,16-19H2,1-9H3/t20-,21+,22+,23-,25+,26-,28+,29+,30-,31-,32-,34-,35-,36-,37+,38+,39+,41+,42-/m0/s1. The van der Waals surface area contributed by atoms with Crippen LogP contribution in [0.2, 0.25) is 0 Å². The summed E-state index contributed by atoms with van der Waals surface area (Å²) in [7, 11) is 4.85. The summed E-state index contributed by atoms with van der Waals surface area (Å²) < 4.78 is 60.8. The van der Waals surface area contributed by atoms with Crippen LogP contribution in [0.4, 0.5) is 0 Å². The average molecular weight is 793 g/mol. The summed E-state index contributed by atoms with van der Waals surface area (Å²) in [5.74, 6) is -0.288. The van der Waals surface area contributed by atoms with E-state index in [0.29, 0.717) is 44.9 Å². The molecule has 14 nitrogen and oxygen atoms in total. The number of ketones is 1. The van der Waals surface area contributed by atoms with Crippen molar-refractivity contribution in [2.75, 3.05) is 21.3 Å². The van der Waals surface area contributed by atoms with E-state index in [1.807, 2.05) is 27.7 Å². The van der Waals surface area contributed by atoms with Gasteiger partial charge in [0, 0.05) is 52.6 Å². The Morgan fingerprint density at radius 3 is 1.86 bits per heavy atom. The number of carbonyl (C=O) groups is 2. The molecule has 3 aliphatic carbocycles. The molecule has 0 aromatic carbocycles. The van der Waals surface area contributed by atoms with Crippen LogP contribution in [-0.4, -0.2) is 135 Å². The molecule has 19 atom stereocenters. The molecular formula is C42H64O14. The van der Waals surface area contributed by atoms with Crippen molar-refractivity contribution in [3.63, 3.8) is 0 Å². The smallest absolute Gasteiger partial charge is 0.331 e. The summed E-state index contributed by atoms with van der Waals surface area (Å²) in [5.41, 5.74) is 0.947. The third-order valence-electron chi connectivity index (χ3n) is 14.4. The molecule has 3 saturated heterocycles. The zero-order valence-electron chi connectivity index (χ0n) is 34.4. The Morgan fingerprint density at radius 2 is 1.30 bits per heavy atom. The topological polar surface area (TPSA) is 167 Å². The summed E-state index contributed by atoms with van der Waals surface area (Å²) in [4.78, 5) is 26.2. The van der Waals surface area contributed by atoms with E-state index < -0.39 is 85.3 Å². The van der Waals surface area contributed by atoms with Gasteiger partial charge in [0.25, 0.3) is 0 Å². The number of rotatable bonds is 10. The van der Waals surface area contributed by atoms with Gasteiger partial charge in [-0.25, -0.2) is 4.79 Å². The first kappa shape index (κ1) is 42.3. The lowest BCUT2D eigenvalue weighted by Gasteiger charge is -2.56. The Bertz CT molecular complexity index is 1500. The molecule has 0 amide bonds. The molecule has 14 heteroatoms. The van der Waals surface area contributed by atoms with Crippen LogP contribution < -0.4 is 0 Å². The van der Waals surface area contributed by atoms with Crippen molar-refractivity contribution in [3.05, 3.63) is 23.3 Å². The fraction of sp³-hybridized carbons (Fsp3) is 0.857. The Kier molecular flexibility index (Phi) is 12.6. The van der Waals surface area contributed by atoms with E-state index in [-0.39, 0.29) is 41.2 Å². The monoisotopic (exact) mass is 792 g/mol. The van der Waals surface area contributed by atoms with Crippen LogP contribution in [0.25, 0.3) is 0 Å². The molecule has 56 heavy (non-hydrogen) atoms. The first-order valence-corrected chi connectivity index (χ1v) is 20.6. The highest BCUT2D eigenvalue weighted by molar-refractivity contribution is 5.95. The third kappa shape index (κ3) is 7.82. The van der Waals surface area contributed by atoms with Gasteiger partial charge in [-0.2, -0.15) is 0 Å². The molecule has 4 heterocycles. The van der Waals surface area contributed by atoms with Gasteiger partial charge in [0.1, 0.15) is 30.2 Å². The number of Topliss-reactive ketones (excluding diaryl/α,β-unsaturated/α-hetero) is 1. The predicted octanol–water partition coefficient (Wildman–Crippen LogP) is 3.92. The molecule has 0 aromatic heterocycles. The van der Waals surface area contributed by atoms with E-state index in [2.05, 4.69) is 13.0 Å². The molecular weight excluding hydrogens is 728 g/mol. The molecule has 0 spiro atoms. The minimum absolute atomic E-state index is 0.0972. The summed E-state index contributed by atoms with van der Waals surface area (Å²) in [5, 5.41) is 22.0. The van der Waals surface area contributed by atoms with Crippen molar-refractivity contribution in [1.82, 2.24) is 0 Å². The van der Waals surface area contributed by atoms with Gasteiger partial charge < -0.3 is 57.6 Å². The van der Waals surface area contributed by atoms with Crippen LogP contribution in [0.3, 0.4) is 0 Å². The van der Waals surface area contributed by atoms with E-state index in [1.54, 1.807) is 28.3 Å². The fourth-order valence-corrected chi connectivity index (χ4v) is 11.1. The van der Waals surface area contributed by atoms with Gasteiger partial charge in [0.15, 0.2) is 18.9 Å². The number of fused-ring (bicyclic) bond motifs is 3. The SMILES string of the molecule is CO[C@H]1C[C@H](O[C@@H]2[C@H](C)O[C@@H](O[C@H]3[C@@H](OC)C[C@H](O[C@@H]4CC5=CC[C@H]6C(=O)[C@@](C)(C7=CC(=O)O[C@H]7C)CC[C@@H]6[C@@]5(C)C[C@H]4O)O[C@@H]3C)C[C@@H]2OC)O[C@H](C)[C@H]1O. The molecule has 0 aromatic rings. The highest BCUT2D eigenvalue weighted by Gasteiger charge is 2.58. The summed E-state index contributed by atoms with van der Waals surface area (Å²) in [6, 6.07) is 0. The number of allylic oxidation sites excluding steroid dienone is 1. The van der Waals surface area contributed by atoms with Gasteiger partial charge in [-0.3, -0.25) is 4.79 Å². The first-order valence-electron chi connectivity index (χ1n) is 20.6. The van der Waals surface area contributed by atoms with Gasteiger partial charge >= 0.3 is 5.97 Å². The maximum absolute atomic E-state index is 14.2. The normalized spacial score (nSPS) is 49.7. The van der Waals surface area contributed by atoms with Gasteiger partial charge in [-0.05, 0) is 83.6 Å². The molecule has 5 fully saturated rings. The predicted molar refractivity (Wildman–Crippen MR) is 199 cm³/mol. The second kappa shape index (κ2) is 16.7. The number of methoxy groups -OCH3 is 3. The van der Waals surface area contributed by atoms with Crippen molar-refractivity contribution in [2.24, 2.45) is 22.7 Å². The largest absolute Gasteiger partial charge is 0.455 e. The lowest BCUT2D eigenvalue weighted by molar-refractivity contribution is -0.339. The van der Waals surface area contributed by atoms with Crippen molar-refractivity contribution in [1.29, 1.82) is 0 Å². The number of carbonyl (C=O) groups excluding carboxylic acids is 2. The van der Waals surface area contributed by atoms with Crippen LogP contribution in [0.1, 0.15) is 92.9 Å². The summed E-state index contributed by atoms with van der Waals surface area (Å²) in [6.07, 6.45) is 0.605. The number of hydrogen-bond acceptors (Lipinski definition) is 14. The van der Waals surface area contributed by atoms with E-state index in [4.69, 9.17) is 47.4 Å². The third-order valence-corrected chi connectivity index (χ3v) is 14.4. The second-order valence-electron chi connectivity index (χ2n) is 17.7. The number of aliphatic hydroxyl groups is 2. The fourth-order valence-electron chi connectivity index (χ4n) is 11.1. The second-order valence-corrected chi connectivity index (χ2v) is 17.7. The van der Waals surface area contributed by atoms with E-state index in [1.165, 1.54) is 11.6 Å². The van der Waals surface area contributed by atoms with Crippen molar-refractivity contribution >= 4 is 11.8 Å². The Labute approximate surface area is 330 Å². The molecule has 0 bridgehead atoms. The quantitative estimate of drug-likeness (QED) is 0.242. The van der Waals surface area contributed by atoms with Gasteiger partial charge in [-0.15, -0.1) is 0 Å². The van der Waals surface area contributed by atoms with Crippen LogP contribution >= 0.6 is 0 Å². The molecule has 7 rings (SSSR count). The highest BCUT2D eigenvalue weighted by atomic mass is 16.7. The van der Waals surface area contributed by atoms with Crippen molar-refractivity contribution in [2.45, 2.75) is 185 Å². The molecule has 4 aliphatic heterocycles. The molecule has 0 unspecified atom stereocenters. The Hall–Kier alpha value is -1.82. The number of esters is 1. The van der Waals surface area contributed by atoms with Crippen LogP contribution in [0, 0.1) is 22.7 Å². The zero-order valence-corrected chi connectivity index (χ0v) is 34.4. The van der Waals surface area contributed by atoms with Crippen molar-refractivity contribution < 1.29 is 67.2 Å². The average Bonchev–Trinajstić information content (AvgIpc) is 3.51. The van der Waals surface area contributed by atoms with Crippen LogP contribution in [-0.2, 0) is 57.0 Å². The highest BCUT2D eigenvalue weighted by Crippen LogP contribution is 2.60. The minimum Gasteiger partial charge on any atom is -0.455 e. The maximum atomic E-state index is 14.2. The Balaban J connectivity index is 0.949. The number of ether oxygens (including phenoxy) is 10. The van der Waals surface area contributed by atoms with Gasteiger partial charge in [0.05, 0.1) is 54.2 Å². The maximum Gasteiger partial charge on any atom is 0.331 e. The van der Waals surface area contributed by atoms with Gasteiger partial charge in [0.2, 0.25) is 0 Å². The number of hydrogen-bond donors (Lipinski definition) is 2. The minimum atomic E-state index is -0.747. The van der Waals surface area contributed by atoms with Crippen molar-refractivity contribution in [3.8, 4) is 0 Å². The van der Waals surface area contributed by atoms with E-state index in [9.17, 15) is 19.8 Å². The number of aliphatic hydroxyl groups excluding tert-OH is 2. The zero-order chi connectivity index (χ0) is 40.3. The lowest BCUT2D eigenvalue weighted by atomic mass is 9.49. The van der Waals surface area contributed by atoms with Crippen LogP contribution in [0.15, 0.2) is 23.3 Å². The van der Waals surface area contributed by atoms with Crippen LogP contribution in [0.5, 0.6) is 0 Å².